The van der Waals surface area contributed by atoms with E-state index in [2.05, 4.69) is 31.8 Å². The van der Waals surface area contributed by atoms with Crippen molar-refractivity contribution in [3.8, 4) is 17.3 Å². The van der Waals surface area contributed by atoms with Crippen LogP contribution in [0.15, 0.2) is 60.7 Å². The van der Waals surface area contributed by atoms with E-state index >= 15 is 0 Å². The first-order chi connectivity index (χ1) is 14.7. The number of hydrogen-bond donors (Lipinski definition) is 2. The van der Waals surface area contributed by atoms with Crippen molar-refractivity contribution in [2.24, 2.45) is 0 Å². The zero-order valence-corrected chi connectivity index (χ0v) is 16.5. The van der Waals surface area contributed by atoms with E-state index in [1.807, 2.05) is 36.4 Å². The molecule has 7 heteroatoms. The van der Waals surface area contributed by atoms with E-state index in [0.717, 1.165) is 30.2 Å². The summed E-state index contributed by atoms with van der Waals surface area (Å²) in [6.07, 6.45) is 3.67. The molecule has 30 heavy (non-hydrogen) atoms. The summed E-state index contributed by atoms with van der Waals surface area (Å²) >= 11 is 0. The highest BCUT2D eigenvalue weighted by molar-refractivity contribution is 6.00. The fourth-order valence-electron chi connectivity index (χ4n) is 3.49. The number of amides is 2. The summed E-state index contributed by atoms with van der Waals surface area (Å²) in [4.78, 5) is 14.6. The lowest BCUT2D eigenvalue weighted by molar-refractivity contribution is 0.262. The van der Waals surface area contributed by atoms with Gasteiger partial charge in [0.1, 0.15) is 0 Å². The summed E-state index contributed by atoms with van der Waals surface area (Å²) < 4.78 is 0. The fraction of sp³-hybridized carbons (Fsp3) is 0.217. The minimum Gasteiger partial charge on any atom is -0.355 e. The van der Waals surface area contributed by atoms with Crippen molar-refractivity contribution in [1.29, 1.82) is 5.26 Å². The largest absolute Gasteiger partial charge is 0.355 e. The van der Waals surface area contributed by atoms with Crippen molar-refractivity contribution < 1.29 is 4.79 Å². The van der Waals surface area contributed by atoms with Crippen molar-refractivity contribution in [1.82, 2.24) is 10.2 Å². The summed E-state index contributed by atoms with van der Waals surface area (Å²) in [6, 6.07) is 19.9. The van der Waals surface area contributed by atoms with Gasteiger partial charge in [0.2, 0.25) is 0 Å². The maximum absolute atomic E-state index is 12.3. The molecule has 0 unspecified atom stereocenters. The van der Waals surface area contributed by atoms with Gasteiger partial charge in [-0.2, -0.15) is 5.26 Å². The van der Waals surface area contributed by atoms with Gasteiger partial charge in [-0.1, -0.05) is 18.2 Å². The molecule has 0 bridgehead atoms. The number of carbonyl (C=O) groups is 1. The maximum atomic E-state index is 12.3. The van der Waals surface area contributed by atoms with Gasteiger partial charge in [0.25, 0.3) is 0 Å². The summed E-state index contributed by atoms with van der Waals surface area (Å²) in [6.45, 7) is 2.06. The molecule has 0 atom stereocenters. The molecule has 0 aliphatic carbocycles. The first-order valence-corrected chi connectivity index (χ1v) is 9.98. The van der Waals surface area contributed by atoms with Crippen LogP contribution in [0.1, 0.15) is 24.8 Å². The number of benzene rings is 2. The van der Waals surface area contributed by atoms with E-state index in [0.29, 0.717) is 16.9 Å². The number of urea groups is 1. The molecule has 1 aliphatic rings. The van der Waals surface area contributed by atoms with Crippen molar-refractivity contribution >= 4 is 23.2 Å². The van der Waals surface area contributed by atoms with E-state index in [1.54, 1.807) is 24.3 Å². The standard InChI is InChI=1S/C23H22N6O/c24-16-17-6-4-8-19(14-17)25-23(30)26-20-9-5-7-18(15-20)21-10-11-22(28-27-21)29-12-2-1-3-13-29/h4-11,14-15H,1-3,12-13H2,(H2,25,26,30). The van der Waals surface area contributed by atoms with Gasteiger partial charge in [0.05, 0.1) is 17.3 Å². The maximum Gasteiger partial charge on any atom is 0.323 e. The predicted molar refractivity (Wildman–Crippen MR) is 117 cm³/mol. The number of aromatic nitrogens is 2. The Labute approximate surface area is 175 Å². The van der Waals surface area contributed by atoms with Crippen LogP contribution in [0.2, 0.25) is 0 Å². The molecule has 2 amide bonds. The quantitative estimate of drug-likeness (QED) is 0.667. The van der Waals surface area contributed by atoms with Gasteiger partial charge < -0.3 is 15.5 Å². The molecule has 0 saturated carbocycles. The lowest BCUT2D eigenvalue weighted by Crippen LogP contribution is -2.30. The molecular formula is C23H22N6O. The second-order valence-corrected chi connectivity index (χ2v) is 7.18. The normalized spacial score (nSPS) is 13.4. The van der Waals surface area contributed by atoms with E-state index in [-0.39, 0.29) is 6.03 Å². The van der Waals surface area contributed by atoms with Gasteiger partial charge in [-0.25, -0.2) is 4.79 Å². The van der Waals surface area contributed by atoms with Crippen LogP contribution in [0, 0.1) is 11.3 Å². The predicted octanol–water partition coefficient (Wildman–Crippen LogP) is 4.65. The zero-order valence-electron chi connectivity index (χ0n) is 16.5. The molecule has 1 saturated heterocycles. The Hall–Kier alpha value is -3.92. The highest BCUT2D eigenvalue weighted by atomic mass is 16.2. The van der Waals surface area contributed by atoms with Crippen LogP contribution in [0.4, 0.5) is 22.0 Å². The Kier molecular flexibility index (Phi) is 5.85. The van der Waals surface area contributed by atoms with E-state index in [9.17, 15) is 4.79 Å². The third-order valence-corrected chi connectivity index (χ3v) is 5.00. The highest BCUT2D eigenvalue weighted by Gasteiger charge is 2.13. The summed E-state index contributed by atoms with van der Waals surface area (Å²) in [5, 5.41) is 23.3. The highest BCUT2D eigenvalue weighted by Crippen LogP contribution is 2.23. The molecule has 1 aliphatic heterocycles. The molecule has 7 nitrogen and oxygen atoms in total. The average Bonchev–Trinajstić information content (AvgIpc) is 2.80. The smallest absolute Gasteiger partial charge is 0.323 e. The van der Waals surface area contributed by atoms with E-state index < -0.39 is 0 Å². The molecule has 2 aromatic carbocycles. The monoisotopic (exact) mass is 398 g/mol. The number of nitrogens with one attached hydrogen (secondary N) is 2. The Balaban J connectivity index is 1.43. The first-order valence-electron chi connectivity index (χ1n) is 9.98. The topological polar surface area (TPSA) is 93.9 Å². The van der Waals surface area contributed by atoms with Crippen LogP contribution in [0.25, 0.3) is 11.3 Å². The van der Waals surface area contributed by atoms with Gasteiger partial charge >= 0.3 is 6.03 Å². The molecule has 1 aromatic heterocycles. The number of nitriles is 1. The molecule has 4 rings (SSSR count). The lowest BCUT2D eigenvalue weighted by atomic mass is 10.1. The van der Waals surface area contributed by atoms with Gasteiger partial charge in [-0.3, -0.25) is 0 Å². The summed E-state index contributed by atoms with van der Waals surface area (Å²) in [7, 11) is 0. The average molecular weight is 398 g/mol. The molecule has 0 spiro atoms. The summed E-state index contributed by atoms with van der Waals surface area (Å²) in [5.41, 5.74) is 3.31. The van der Waals surface area contributed by atoms with Crippen LogP contribution < -0.4 is 15.5 Å². The number of piperidine rings is 1. The molecule has 2 N–H and O–H groups in total. The minimum absolute atomic E-state index is 0.381. The third kappa shape index (κ3) is 4.73. The number of rotatable bonds is 4. The number of carbonyl (C=O) groups excluding carboxylic acids is 1. The zero-order chi connectivity index (χ0) is 20.8. The fourth-order valence-corrected chi connectivity index (χ4v) is 3.49. The van der Waals surface area contributed by atoms with Gasteiger partial charge in [0.15, 0.2) is 5.82 Å². The SMILES string of the molecule is N#Cc1cccc(NC(=O)Nc2cccc(-c3ccc(N4CCCCC4)nn3)c2)c1. The van der Waals surface area contributed by atoms with Crippen LogP contribution in [0.5, 0.6) is 0 Å². The van der Waals surface area contributed by atoms with Crippen molar-refractivity contribution in [2.45, 2.75) is 19.3 Å². The second kappa shape index (κ2) is 9.05. The van der Waals surface area contributed by atoms with Crippen LogP contribution in [0.3, 0.4) is 0 Å². The van der Waals surface area contributed by atoms with Crippen molar-refractivity contribution in [3.05, 3.63) is 66.2 Å². The van der Waals surface area contributed by atoms with Crippen LogP contribution in [-0.4, -0.2) is 29.3 Å². The Morgan fingerprint density at radius 1 is 0.900 bits per heavy atom. The molecule has 150 valence electrons. The second-order valence-electron chi connectivity index (χ2n) is 7.18. The molecule has 0 radical (unpaired) electrons. The number of nitrogens with zero attached hydrogens (tertiary/aromatic N) is 4. The van der Waals surface area contributed by atoms with Gasteiger partial charge in [0, 0.05) is 30.0 Å². The number of hydrogen-bond acceptors (Lipinski definition) is 5. The van der Waals surface area contributed by atoms with E-state index in [4.69, 9.17) is 5.26 Å². The Morgan fingerprint density at radius 3 is 2.33 bits per heavy atom. The molecule has 2 heterocycles. The van der Waals surface area contributed by atoms with E-state index in [1.165, 1.54) is 19.3 Å². The molecular weight excluding hydrogens is 376 g/mol. The Bertz CT molecular complexity index is 1070. The minimum atomic E-state index is -0.381. The summed E-state index contributed by atoms with van der Waals surface area (Å²) in [5.74, 6) is 0.909. The van der Waals surface area contributed by atoms with Gasteiger partial charge in [-0.15, -0.1) is 10.2 Å². The van der Waals surface area contributed by atoms with Crippen molar-refractivity contribution in [3.63, 3.8) is 0 Å². The molecule has 1 fully saturated rings. The van der Waals surface area contributed by atoms with Crippen LogP contribution in [-0.2, 0) is 0 Å². The van der Waals surface area contributed by atoms with Gasteiger partial charge in [-0.05, 0) is 61.7 Å². The van der Waals surface area contributed by atoms with Crippen molar-refractivity contribution in [2.75, 3.05) is 28.6 Å². The lowest BCUT2D eigenvalue weighted by Gasteiger charge is -2.27. The van der Waals surface area contributed by atoms with Crippen LogP contribution >= 0.6 is 0 Å². The third-order valence-electron chi connectivity index (χ3n) is 5.00. The Morgan fingerprint density at radius 2 is 1.63 bits per heavy atom. The first kappa shape index (κ1) is 19.4. The molecule has 3 aromatic rings. The number of anilines is 3.